The van der Waals surface area contributed by atoms with Gasteiger partial charge in [-0.25, -0.2) is 110 Å². The molecule has 0 aliphatic heterocycles. The molecular weight excluding hydrogens is 1270 g/mol. The van der Waals surface area contributed by atoms with Gasteiger partial charge in [0.15, 0.2) is 116 Å². The number of benzene rings is 5. The van der Waals surface area contributed by atoms with Gasteiger partial charge in [0.25, 0.3) is 0 Å². The zero-order chi connectivity index (χ0) is 65.1. The molecule has 0 radical (unpaired) electrons. The highest BCUT2D eigenvalue weighted by molar-refractivity contribution is 5.52. The van der Waals surface area contributed by atoms with Crippen LogP contribution in [0.4, 0.5) is 110 Å². The quantitative estimate of drug-likeness (QED) is 0.0335. The minimum Gasteiger partial charge on any atom is -0.364 e. The number of hydrogen-bond acceptors (Lipinski definition) is 0. The second kappa shape index (κ2) is 22.9. The summed E-state index contributed by atoms with van der Waals surface area (Å²) in [5.41, 5.74) is -16.2. The lowest BCUT2D eigenvalue weighted by Crippen LogP contribution is -2.17. The van der Waals surface area contributed by atoms with Crippen LogP contribution < -0.4 is 0 Å². The molecule has 0 amide bonds. The highest BCUT2D eigenvalue weighted by Gasteiger charge is 2.42. The maximum atomic E-state index is 16.4. The summed E-state index contributed by atoms with van der Waals surface area (Å²) in [6.45, 7) is 0. The van der Waals surface area contributed by atoms with Crippen LogP contribution in [0.1, 0.15) is 114 Å². The Balaban J connectivity index is 1.12. The van der Waals surface area contributed by atoms with Crippen molar-refractivity contribution in [2.24, 2.45) is 0 Å². The molecule has 6 aromatic heterocycles. The van der Waals surface area contributed by atoms with Crippen LogP contribution in [0.25, 0.3) is 0 Å². The minimum atomic E-state index is -2.80. The molecule has 31 heteroatoms. The van der Waals surface area contributed by atoms with Gasteiger partial charge in [-0.2, -0.15) is 0 Å². The Labute approximate surface area is 483 Å². The molecule has 5 unspecified atom stereocenters. The van der Waals surface area contributed by atoms with Crippen LogP contribution >= 0.6 is 0 Å². The molecule has 6 heterocycles. The van der Waals surface area contributed by atoms with Gasteiger partial charge >= 0.3 is 0 Å². The van der Waals surface area contributed by atoms with Crippen LogP contribution in [0, 0.1) is 145 Å². The Hall–Kier alpha value is -9.97. The van der Waals surface area contributed by atoms with Crippen LogP contribution in [-0.4, -0.2) is 29.9 Å². The molecule has 0 saturated heterocycles. The molecule has 0 aliphatic carbocycles. The van der Waals surface area contributed by atoms with Crippen molar-refractivity contribution in [3.63, 3.8) is 0 Å². The predicted octanol–water partition coefficient (Wildman–Crippen LogP) is 17.0. The second-order valence-corrected chi connectivity index (χ2v) is 19.8. The van der Waals surface area contributed by atoms with Gasteiger partial charge in [-0.05, 0) is 71.8 Å². The van der Waals surface area contributed by atoms with Crippen molar-refractivity contribution in [2.75, 3.05) is 0 Å². The van der Waals surface area contributed by atoms with E-state index in [1.807, 2.05) is 0 Å². The van der Waals surface area contributed by atoms with Crippen molar-refractivity contribution >= 4 is 0 Å². The number of aromatic nitrogens is 6. The van der Waals surface area contributed by atoms with Crippen molar-refractivity contribution in [3.05, 3.63) is 315 Å². The summed E-state index contributed by atoms with van der Waals surface area (Å²) in [5.74, 6) is -77.3. The molecule has 5 atom stereocenters. The van der Waals surface area contributed by atoms with E-state index in [0.717, 1.165) is 24.5 Å². The van der Waals surface area contributed by atoms with Crippen LogP contribution in [0.15, 0.2) is 85.5 Å². The van der Waals surface area contributed by atoms with E-state index >= 15 is 70.2 Å². The molecule has 90 heavy (non-hydrogen) atoms. The van der Waals surface area contributed by atoms with Crippen molar-refractivity contribution in [2.45, 2.75) is 29.6 Å². The lowest BCUT2D eigenvalue weighted by atomic mass is 9.87. The van der Waals surface area contributed by atoms with Crippen LogP contribution in [0.2, 0.25) is 0 Å². The van der Waals surface area contributed by atoms with Gasteiger partial charge < -0.3 is 29.9 Å². The summed E-state index contributed by atoms with van der Waals surface area (Å²) in [4.78, 5) is 14.3. The SMILES string of the molecule is Fc1c(F)c(F)c(C(c2c[nH]c(C(c3ccc(C(c4ccc(C(c5c[nH]c(C(c6ccc[nH]6)c6c(F)c(F)c(F)c(F)c6F)c5)c5c(F)c(F)c(F)c(F)c5F)[nH]4)c4c(F)c(F)c(F)c(F)c4F)[nH]3)c3c(F)c(F)c(F)c(F)c3F)c2)c2ccc[nH]2)c(F)c1F. The standard InChI is InChI=1S/C59H25F25N6/c60-35-30(36(61)46(71)55(80)45(35)70)25(17-3-1-9-85-17)15-11-24(88-13-15)29(34-43(68)53(78)59(84)54(79)44(34)69)22-8-7-21(90-22)28(33-41(66)51(76)58(83)52(77)42(33)67)20-6-5-19(89-20)26(31-37(62)47(72)56(81)48(73)38(31)63)16-12-23(87-14-16)27(18-4-2-10-86-18)32-39(64)49(74)57(82)50(75)40(32)65/h1-14,25-29,85-90H. The van der Waals surface area contributed by atoms with Gasteiger partial charge in [-0.1, -0.05) is 0 Å². The molecular formula is C59H25F25N6. The summed E-state index contributed by atoms with van der Waals surface area (Å²) < 4.78 is 384. The molecule has 0 aliphatic rings. The summed E-state index contributed by atoms with van der Waals surface area (Å²) >= 11 is 0. The number of nitrogens with one attached hydrogen (secondary N) is 6. The first kappa shape index (κ1) is 61.7. The maximum absolute atomic E-state index is 16.4. The van der Waals surface area contributed by atoms with Crippen molar-refractivity contribution in [1.82, 2.24) is 29.9 Å². The number of rotatable bonds is 15. The van der Waals surface area contributed by atoms with E-state index in [0.29, 0.717) is 48.8 Å². The first-order valence-corrected chi connectivity index (χ1v) is 25.2. The van der Waals surface area contributed by atoms with Gasteiger partial charge in [-0.3, -0.25) is 0 Å². The van der Waals surface area contributed by atoms with Gasteiger partial charge in [0, 0.05) is 98.2 Å². The minimum absolute atomic E-state index is 0.376. The summed E-state index contributed by atoms with van der Waals surface area (Å²) in [6.07, 6.45) is 3.54. The Kier molecular flexibility index (Phi) is 15.7. The third-order valence-electron chi connectivity index (χ3n) is 15.0. The molecule has 6 nitrogen and oxygen atoms in total. The fraction of sp³-hybridized carbons (Fsp3) is 0.0847. The van der Waals surface area contributed by atoms with Gasteiger partial charge in [0.05, 0.1) is 29.6 Å². The Bertz CT molecular complexity index is 4270. The monoisotopic (exact) mass is 1290 g/mol. The fourth-order valence-electron chi connectivity index (χ4n) is 10.9. The highest BCUT2D eigenvalue weighted by Crippen LogP contribution is 2.47. The third kappa shape index (κ3) is 9.56. The number of halogens is 25. The van der Waals surface area contributed by atoms with Crippen LogP contribution in [-0.2, 0) is 0 Å². The van der Waals surface area contributed by atoms with E-state index < -0.39 is 248 Å². The van der Waals surface area contributed by atoms with E-state index in [1.54, 1.807) is 0 Å². The summed E-state index contributed by atoms with van der Waals surface area (Å²) in [5, 5.41) is 0. The van der Waals surface area contributed by atoms with E-state index in [2.05, 4.69) is 29.9 Å². The molecule has 0 saturated carbocycles. The van der Waals surface area contributed by atoms with Gasteiger partial charge in [0.1, 0.15) is 0 Å². The molecule has 0 bridgehead atoms. The molecule has 11 rings (SSSR count). The summed E-state index contributed by atoms with van der Waals surface area (Å²) in [7, 11) is 0. The van der Waals surface area contributed by atoms with Crippen molar-refractivity contribution < 1.29 is 110 Å². The molecule has 0 fully saturated rings. The van der Waals surface area contributed by atoms with Crippen molar-refractivity contribution in [1.29, 1.82) is 0 Å². The fourth-order valence-corrected chi connectivity index (χ4v) is 10.9. The first-order valence-electron chi connectivity index (χ1n) is 25.2. The van der Waals surface area contributed by atoms with Gasteiger partial charge in [-0.15, -0.1) is 0 Å². The summed E-state index contributed by atoms with van der Waals surface area (Å²) in [6, 6.07) is 8.21. The molecule has 11 aromatic rings. The maximum Gasteiger partial charge on any atom is 0.200 e. The van der Waals surface area contributed by atoms with E-state index in [-0.39, 0.29) is 11.4 Å². The predicted molar refractivity (Wildman–Crippen MR) is 261 cm³/mol. The third-order valence-corrected chi connectivity index (χ3v) is 15.0. The largest absolute Gasteiger partial charge is 0.364 e. The number of H-pyrrole nitrogens is 6. The molecule has 0 spiro atoms. The zero-order valence-corrected chi connectivity index (χ0v) is 43.4. The first-order chi connectivity index (χ1) is 42.6. The molecule has 5 aromatic carbocycles. The Morgan fingerprint density at radius 2 is 0.400 bits per heavy atom. The highest BCUT2D eigenvalue weighted by atomic mass is 19.2. The smallest absolute Gasteiger partial charge is 0.200 e. The van der Waals surface area contributed by atoms with Crippen molar-refractivity contribution in [3.8, 4) is 0 Å². The molecule has 6 N–H and O–H groups in total. The van der Waals surface area contributed by atoms with E-state index in [9.17, 15) is 39.5 Å². The molecule has 466 valence electrons. The average molecular weight is 1290 g/mol. The Morgan fingerprint density at radius 3 is 0.656 bits per heavy atom. The average Bonchev–Trinajstić information content (AvgIpc) is 1.51. The lowest BCUT2D eigenvalue weighted by Gasteiger charge is -2.21. The van der Waals surface area contributed by atoms with Crippen LogP contribution in [0.5, 0.6) is 0 Å². The number of hydrogen-bond donors (Lipinski definition) is 6. The Morgan fingerprint density at radius 1 is 0.200 bits per heavy atom. The van der Waals surface area contributed by atoms with E-state index in [1.165, 1.54) is 12.1 Å². The van der Waals surface area contributed by atoms with Gasteiger partial charge in [0.2, 0.25) is 29.1 Å². The second-order valence-electron chi connectivity index (χ2n) is 19.8. The topological polar surface area (TPSA) is 94.7 Å². The van der Waals surface area contributed by atoms with Crippen LogP contribution in [0.3, 0.4) is 0 Å². The lowest BCUT2D eigenvalue weighted by molar-refractivity contribution is 0.368. The zero-order valence-electron chi connectivity index (χ0n) is 43.4. The number of aromatic amines is 6. The normalized spacial score (nSPS) is 13.6. The van der Waals surface area contributed by atoms with E-state index in [4.69, 9.17) is 0 Å².